The van der Waals surface area contributed by atoms with Crippen molar-refractivity contribution in [3.63, 3.8) is 0 Å². The number of ether oxygens (including phenoxy) is 1. The summed E-state index contributed by atoms with van der Waals surface area (Å²) in [6.07, 6.45) is 9.22. The zero-order valence-corrected chi connectivity index (χ0v) is 12.5. The Bertz CT molecular complexity index is 912. The van der Waals surface area contributed by atoms with Crippen LogP contribution >= 0.6 is 0 Å². The molecule has 0 fully saturated rings. The quantitative estimate of drug-likeness (QED) is 0.614. The van der Waals surface area contributed by atoms with E-state index in [1.807, 2.05) is 53.5 Å². The summed E-state index contributed by atoms with van der Waals surface area (Å²) >= 11 is 0. The van der Waals surface area contributed by atoms with Crippen LogP contribution in [-0.4, -0.2) is 26.1 Å². The lowest BCUT2D eigenvalue weighted by Gasteiger charge is -2.12. The fourth-order valence-electron chi connectivity index (χ4n) is 2.69. The number of nitrogens with one attached hydrogen (secondary N) is 1. The van der Waals surface area contributed by atoms with Crippen LogP contribution in [0.4, 0.5) is 0 Å². The lowest BCUT2D eigenvalue weighted by Crippen LogP contribution is -2.07. The van der Waals surface area contributed by atoms with Crippen molar-refractivity contribution in [1.82, 2.24) is 19.5 Å². The van der Waals surface area contributed by atoms with Crippen LogP contribution in [0.1, 0.15) is 0 Å². The molecule has 4 aromatic rings. The standard InChI is InChI=1S/C18H16N4O/c1-2-4-17(23-12-11-22-10-9-19-13-22)15(3-1)14-5-7-20-18-16(14)6-8-21-18/h1-10,13H,11-12H2,(H,20,21). The number of hydrogen-bond acceptors (Lipinski definition) is 3. The highest BCUT2D eigenvalue weighted by atomic mass is 16.5. The first kappa shape index (κ1) is 13.6. The fourth-order valence-corrected chi connectivity index (χ4v) is 2.69. The summed E-state index contributed by atoms with van der Waals surface area (Å²) in [4.78, 5) is 11.5. The van der Waals surface area contributed by atoms with Crippen LogP contribution in [0.2, 0.25) is 0 Å². The molecule has 5 nitrogen and oxygen atoms in total. The van der Waals surface area contributed by atoms with Crippen molar-refractivity contribution < 1.29 is 4.74 Å². The maximum atomic E-state index is 6.01. The van der Waals surface area contributed by atoms with Gasteiger partial charge in [-0.3, -0.25) is 0 Å². The van der Waals surface area contributed by atoms with Crippen molar-refractivity contribution in [2.24, 2.45) is 0 Å². The van der Waals surface area contributed by atoms with Gasteiger partial charge in [0.2, 0.25) is 0 Å². The minimum atomic E-state index is 0.592. The Morgan fingerprint density at radius 2 is 2.00 bits per heavy atom. The monoisotopic (exact) mass is 304 g/mol. The first-order valence-electron chi connectivity index (χ1n) is 7.52. The third-order valence-corrected chi connectivity index (χ3v) is 3.80. The molecule has 0 saturated carbocycles. The van der Waals surface area contributed by atoms with Gasteiger partial charge in [-0.15, -0.1) is 0 Å². The second kappa shape index (κ2) is 5.96. The van der Waals surface area contributed by atoms with Crippen LogP contribution in [0, 0.1) is 0 Å². The Morgan fingerprint density at radius 1 is 1.04 bits per heavy atom. The number of pyridine rings is 1. The van der Waals surface area contributed by atoms with E-state index in [2.05, 4.69) is 21.0 Å². The van der Waals surface area contributed by atoms with Gasteiger partial charge in [0.25, 0.3) is 0 Å². The predicted molar refractivity (Wildman–Crippen MR) is 89.3 cm³/mol. The molecule has 3 aromatic heterocycles. The summed E-state index contributed by atoms with van der Waals surface area (Å²) in [6.45, 7) is 1.36. The number of nitrogens with zero attached hydrogens (tertiary/aromatic N) is 3. The molecule has 114 valence electrons. The molecule has 1 aromatic carbocycles. The Labute approximate surface area is 133 Å². The van der Waals surface area contributed by atoms with Crippen molar-refractivity contribution in [2.45, 2.75) is 6.54 Å². The van der Waals surface area contributed by atoms with Gasteiger partial charge >= 0.3 is 0 Å². The number of hydrogen-bond donors (Lipinski definition) is 1. The highest BCUT2D eigenvalue weighted by Gasteiger charge is 2.10. The summed E-state index contributed by atoms with van der Waals surface area (Å²) in [5.41, 5.74) is 3.08. The van der Waals surface area contributed by atoms with Gasteiger partial charge < -0.3 is 14.3 Å². The third kappa shape index (κ3) is 2.68. The molecule has 0 amide bonds. The molecule has 0 spiro atoms. The summed E-state index contributed by atoms with van der Waals surface area (Å²) in [7, 11) is 0. The molecule has 0 saturated heterocycles. The first-order valence-corrected chi connectivity index (χ1v) is 7.52. The Balaban J connectivity index is 1.63. The van der Waals surface area contributed by atoms with E-state index in [0.29, 0.717) is 6.61 Å². The molecule has 0 aliphatic rings. The fraction of sp³-hybridized carbons (Fsp3) is 0.111. The van der Waals surface area contributed by atoms with Gasteiger partial charge in [0, 0.05) is 35.7 Å². The molecule has 0 bridgehead atoms. The number of aromatic nitrogens is 4. The van der Waals surface area contributed by atoms with E-state index in [1.165, 1.54) is 0 Å². The van der Waals surface area contributed by atoms with E-state index < -0.39 is 0 Å². The SMILES string of the molecule is c1ccc(-c2ccnc3[nH]ccc23)c(OCCn2ccnc2)c1. The molecular formula is C18H16N4O. The highest BCUT2D eigenvalue weighted by molar-refractivity contribution is 5.94. The Morgan fingerprint density at radius 3 is 2.91 bits per heavy atom. The van der Waals surface area contributed by atoms with Crippen molar-refractivity contribution in [3.05, 3.63) is 67.5 Å². The summed E-state index contributed by atoms with van der Waals surface area (Å²) < 4.78 is 8.01. The van der Waals surface area contributed by atoms with Crippen LogP contribution in [-0.2, 0) is 6.54 Å². The molecule has 0 aliphatic heterocycles. The van der Waals surface area contributed by atoms with Gasteiger partial charge in [0.1, 0.15) is 18.0 Å². The van der Waals surface area contributed by atoms with E-state index >= 15 is 0 Å². The number of H-pyrrole nitrogens is 1. The second-order valence-electron chi connectivity index (χ2n) is 5.24. The number of imidazole rings is 1. The summed E-state index contributed by atoms with van der Waals surface area (Å²) in [6, 6.07) is 12.2. The van der Waals surface area contributed by atoms with Crippen LogP contribution in [0.5, 0.6) is 5.75 Å². The lowest BCUT2D eigenvalue weighted by molar-refractivity contribution is 0.299. The highest BCUT2D eigenvalue weighted by Crippen LogP contribution is 2.33. The Kier molecular flexibility index (Phi) is 3.52. The van der Waals surface area contributed by atoms with Gasteiger partial charge in [-0.25, -0.2) is 9.97 Å². The van der Waals surface area contributed by atoms with Crippen molar-refractivity contribution in [2.75, 3.05) is 6.61 Å². The molecular weight excluding hydrogens is 288 g/mol. The number of benzene rings is 1. The van der Waals surface area contributed by atoms with Crippen molar-refractivity contribution >= 4 is 11.0 Å². The summed E-state index contributed by atoms with van der Waals surface area (Å²) in [5, 5.41) is 1.10. The van der Waals surface area contributed by atoms with Gasteiger partial charge in [0.15, 0.2) is 0 Å². The zero-order valence-electron chi connectivity index (χ0n) is 12.5. The van der Waals surface area contributed by atoms with Crippen LogP contribution in [0.15, 0.2) is 67.5 Å². The van der Waals surface area contributed by atoms with Gasteiger partial charge in [0.05, 0.1) is 12.9 Å². The maximum absolute atomic E-state index is 6.01. The molecule has 0 aliphatic carbocycles. The number of rotatable bonds is 5. The molecule has 0 unspecified atom stereocenters. The largest absolute Gasteiger partial charge is 0.491 e. The average Bonchev–Trinajstić information content (AvgIpc) is 3.26. The smallest absolute Gasteiger partial charge is 0.137 e. The van der Waals surface area contributed by atoms with E-state index in [0.717, 1.165) is 34.5 Å². The average molecular weight is 304 g/mol. The van der Waals surface area contributed by atoms with Crippen LogP contribution in [0.25, 0.3) is 22.2 Å². The van der Waals surface area contributed by atoms with E-state index in [-0.39, 0.29) is 0 Å². The molecule has 23 heavy (non-hydrogen) atoms. The molecule has 5 heteroatoms. The van der Waals surface area contributed by atoms with Crippen molar-refractivity contribution in [3.8, 4) is 16.9 Å². The van der Waals surface area contributed by atoms with Crippen LogP contribution < -0.4 is 4.74 Å². The van der Waals surface area contributed by atoms with E-state index in [9.17, 15) is 0 Å². The number of aromatic amines is 1. The van der Waals surface area contributed by atoms with Gasteiger partial charge in [-0.2, -0.15) is 0 Å². The molecule has 3 heterocycles. The predicted octanol–water partition coefficient (Wildman–Crippen LogP) is 3.51. The van der Waals surface area contributed by atoms with Gasteiger partial charge in [-0.05, 0) is 23.8 Å². The van der Waals surface area contributed by atoms with Gasteiger partial charge in [-0.1, -0.05) is 18.2 Å². The minimum absolute atomic E-state index is 0.592. The summed E-state index contributed by atoms with van der Waals surface area (Å²) in [5.74, 6) is 0.876. The lowest BCUT2D eigenvalue weighted by atomic mass is 10.0. The Hall–Kier alpha value is -3.08. The second-order valence-corrected chi connectivity index (χ2v) is 5.24. The maximum Gasteiger partial charge on any atom is 0.137 e. The first-order chi connectivity index (χ1) is 11.4. The van der Waals surface area contributed by atoms with E-state index in [1.54, 1.807) is 12.5 Å². The van der Waals surface area contributed by atoms with Crippen molar-refractivity contribution in [1.29, 1.82) is 0 Å². The molecule has 4 rings (SSSR count). The normalized spacial score (nSPS) is 11.0. The zero-order chi connectivity index (χ0) is 15.5. The third-order valence-electron chi connectivity index (χ3n) is 3.80. The topological polar surface area (TPSA) is 55.7 Å². The van der Waals surface area contributed by atoms with E-state index in [4.69, 9.17) is 4.74 Å². The minimum Gasteiger partial charge on any atom is -0.491 e. The molecule has 0 radical (unpaired) electrons. The molecule has 1 N–H and O–H groups in total. The molecule has 0 atom stereocenters. The number of fused-ring (bicyclic) bond motifs is 1. The number of para-hydroxylation sites is 1. The van der Waals surface area contributed by atoms with Crippen LogP contribution in [0.3, 0.4) is 0 Å².